The van der Waals surface area contributed by atoms with Gasteiger partial charge in [0.2, 0.25) is 0 Å². The van der Waals surface area contributed by atoms with Crippen molar-refractivity contribution < 1.29 is 14.2 Å². The van der Waals surface area contributed by atoms with Crippen molar-refractivity contribution in [2.24, 2.45) is 0 Å². The first-order valence-electron chi connectivity index (χ1n) is 6.11. The van der Waals surface area contributed by atoms with Gasteiger partial charge in [-0.25, -0.2) is 4.39 Å². The zero-order valence-electron chi connectivity index (χ0n) is 10.9. The predicted octanol–water partition coefficient (Wildman–Crippen LogP) is 3.74. The molecule has 5 heteroatoms. The summed E-state index contributed by atoms with van der Waals surface area (Å²) in [5.41, 5.74) is 1.55. The number of methoxy groups -OCH3 is 1. The van der Waals surface area contributed by atoms with Crippen LogP contribution in [0.4, 0.5) is 10.1 Å². The fraction of sp³-hybridized carbons (Fsp3) is 0.200. The number of aliphatic hydroxyl groups is 1. The highest BCUT2D eigenvalue weighted by Crippen LogP contribution is 2.31. The third-order valence-corrected chi connectivity index (χ3v) is 3.64. The fourth-order valence-electron chi connectivity index (χ4n) is 1.96. The van der Waals surface area contributed by atoms with Gasteiger partial charge < -0.3 is 15.2 Å². The lowest BCUT2D eigenvalue weighted by atomic mass is 10.1. The van der Waals surface area contributed by atoms with Gasteiger partial charge in [0.05, 0.1) is 25.4 Å². The van der Waals surface area contributed by atoms with E-state index < -0.39 is 0 Å². The number of hydrogen-bond acceptors (Lipinski definition) is 3. The molecular formula is C15H15BrFNO2. The maximum atomic E-state index is 13.1. The molecule has 0 aliphatic heterocycles. The van der Waals surface area contributed by atoms with E-state index in [0.717, 1.165) is 11.3 Å². The first kappa shape index (κ1) is 14.8. The number of hydrogen-bond donors (Lipinski definition) is 2. The Labute approximate surface area is 125 Å². The Morgan fingerprint density at radius 1 is 1.30 bits per heavy atom. The summed E-state index contributed by atoms with van der Waals surface area (Å²) >= 11 is 3.32. The monoisotopic (exact) mass is 339 g/mol. The molecule has 2 rings (SSSR count). The van der Waals surface area contributed by atoms with Crippen molar-refractivity contribution in [3.8, 4) is 5.75 Å². The van der Waals surface area contributed by atoms with Crippen molar-refractivity contribution in [2.75, 3.05) is 19.0 Å². The molecule has 1 unspecified atom stereocenters. The summed E-state index contributed by atoms with van der Waals surface area (Å²) in [6.45, 7) is -0.123. The van der Waals surface area contributed by atoms with Crippen molar-refractivity contribution in [3.63, 3.8) is 0 Å². The Kier molecular flexibility index (Phi) is 4.98. The SMILES string of the molecule is COc1ccccc1NC(CO)c1ccc(F)cc1Br. The largest absolute Gasteiger partial charge is 0.495 e. The van der Waals surface area contributed by atoms with Crippen LogP contribution in [0.15, 0.2) is 46.9 Å². The molecule has 3 nitrogen and oxygen atoms in total. The number of ether oxygens (including phenoxy) is 1. The molecule has 0 radical (unpaired) electrons. The first-order chi connectivity index (χ1) is 9.65. The molecule has 0 aliphatic rings. The van der Waals surface area contributed by atoms with Crippen molar-refractivity contribution in [2.45, 2.75) is 6.04 Å². The smallest absolute Gasteiger partial charge is 0.141 e. The zero-order valence-corrected chi connectivity index (χ0v) is 12.5. The summed E-state index contributed by atoms with van der Waals surface area (Å²) < 4.78 is 19.0. The minimum atomic E-state index is -0.360. The number of halogens is 2. The van der Waals surface area contributed by atoms with Gasteiger partial charge in [0, 0.05) is 4.47 Å². The summed E-state index contributed by atoms with van der Waals surface area (Å²) in [7, 11) is 1.59. The van der Waals surface area contributed by atoms with Crippen molar-refractivity contribution in [1.29, 1.82) is 0 Å². The quantitative estimate of drug-likeness (QED) is 0.871. The Hall–Kier alpha value is -1.59. The molecule has 0 saturated carbocycles. The van der Waals surface area contributed by atoms with Crippen LogP contribution in [0.5, 0.6) is 5.75 Å². The Morgan fingerprint density at radius 2 is 2.05 bits per heavy atom. The van der Waals surface area contributed by atoms with E-state index in [1.54, 1.807) is 13.2 Å². The third-order valence-electron chi connectivity index (χ3n) is 2.96. The second kappa shape index (κ2) is 6.72. The van der Waals surface area contributed by atoms with Gasteiger partial charge in [0.25, 0.3) is 0 Å². The molecule has 0 bridgehead atoms. The van der Waals surface area contributed by atoms with E-state index >= 15 is 0 Å². The van der Waals surface area contributed by atoms with E-state index in [2.05, 4.69) is 21.2 Å². The average Bonchev–Trinajstić information content (AvgIpc) is 2.46. The third kappa shape index (κ3) is 3.29. The maximum Gasteiger partial charge on any atom is 0.141 e. The first-order valence-corrected chi connectivity index (χ1v) is 6.90. The fourth-order valence-corrected chi connectivity index (χ4v) is 2.58. The number of rotatable bonds is 5. The van der Waals surface area contributed by atoms with Crippen LogP contribution in [-0.4, -0.2) is 18.8 Å². The molecule has 20 heavy (non-hydrogen) atoms. The number of para-hydroxylation sites is 2. The molecule has 106 valence electrons. The molecule has 0 fully saturated rings. The van der Waals surface area contributed by atoms with Crippen LogP contribution >= 0.6 is 15.9 Å². The van der Waals surface area contributed by atoms with Gasteiger partial charge in [-0.05, 0) is 29.8 Å². The van der Waals surface area contributed by atoms with E-state index in [1.807, 2.05) is 24.3 Å². The number of benzene rings is 2. The summed E-state index contributed by atoms with van der Waals surface area (Å²) in [5.74, 6) is 0.360. The van der Waals surface area contributed by atoms with E-state index in [4.69, 9.17) is 4.74 Å². The minimum Gasteiger partial charge on any atom is -0.495 e. The second-order valence-corrected chi connectivity index (χ2v) is 5.10. The summed E-state index contributed by atoms with van der Waals surface area (Å²) in [6, 6.07) is 11.5. The molecule has 2 aromatic carbocycles. The van der Waals surface area contributed by atoms with Gasteiger partial charge in [-0.2, -0.15) is 0 Å². The van der Waals surface area contributed by atoms with Crippen LogP contribution in [0, 0.1) is 5.82 Å². The molecular weight excluding hydrogens is 325 g/mol. The topological polar surface area (TPSA) is 41.5 Å². The number of aliphatic hydroxyl groups excluding tert-OH is 1. The molecule has 2 aromatic rings. The van der Waals surface area contributed by atoms with E-state index in [0.29, 0.717) is 10.2 Å². The highest BCUT2D eigenvalue weighted by molar-refractivity contribution is 9.10. The Balaban J connectivity index is 2.29. The van der Waals surface area contributed by atoms with Crippen LogP contribution in [0.2, 0.25) is 0 Å². The summed E-state index contributed by atoms with van der Waals surface area (Å²) in [4.78, 5) is 0. The van der Waals surface area contributed by atoms with Crippen molar-refractivity contribution in [3.05, 3.63) is 58.3 Å². The summed E-state index contributed by atoms with van der Waals surface area (Å²) in [6.07, 6.45) is 0. The number of anilines is 1. The zero-order chi connectivity index (χ0) is 14.5. The maximum absolute atomic E-state index is 13.1. The van der Waals surface area contributed by atoms with Gasteiger partial charge in [-0.15, -0.1) is 0 Å². The lowest BCUT2D eigenvalue weighted by Gasteiger charge is -2.21. The molecule has 0 aromatic heterocycles. The Morgan fingerprint density at radius 3 is 2.70 bits per heavy atom. The lowest BCUT2D eigenvalue weighted by Crippen LogP contribution is -2.16. The van der Waals surface area contributed by atoms with Crippen LogP contribution in [0.25, 0.3) is 0 Å². The highest BCUT2D eigenvalue weighted by atomic mass is 79.9. The van der Waals surface area contributed by atoms with Crippen LogP contribution in [0.1, 0.15) is 11.6 Å². The predicted molar refractivity (Wildman–Crippen MR) is 80.5 cm³/mol. The van der Waals surface area contributed by atoms with Crippen LogP contribution < -0.4 is 10.1 Å². The molecule has 0 amide bonds. The molecule has 0 spiro atoms. The highest BCUT2D eigenvalue weighted by Gasteiger charge is 2.15. The van der Waals surface area contributed by atoms with Gasteiger partial charge in [-0.1, -0.05) is 34.1 Å². The van der Waals surface area contributed by atoms with Gasteiger partial charge in [0.15, 0.2) is 0 Å². The standard InChI is InChI=1S/C15H15BrFNO2/c1-20-15-5-3-2-4-13(15)18-14(9-19)11-7-6-10(17)8-12(11)16/h2-8,14,18-19H,9H2,1H3. The minimum absolute atomic E-state index is 0.123. The molecule has 0 aliphatic carbocycles. The van der Waals surface area contributed by atoms with Gasteiger partial charge >= 0.3 is 0 Å². The van der Waals surface area contributed by atoms with E-state index in [-0.39, 0.29) is 18.5 Å². The lowest BCUT2D eigenvalue weighted by molar-refractivity contribution is 0.275. The molecule has 0 saturated heterocycles. The average molecular weight is 340 g/mol. The molecule has 0 heterocycles. The molecule has 2 N–H and O–H groups in total. The Bertz CT molecular complexity index is 592. The normalized spacial score (nSPS) is 12.0. The summed E-state index contributed by atoms with van der Waals surface area (Å²) in [5, 5.41) is 12.8. The van der Waals surface area contributed by atoms with E-state index in [9.17, 15) is 9.50 Å². The van der Waals surface area contributed by atoms with Crippen LogP contribution in [0.3, 0.4) is 0 Å². The van der Waals surface area contributed by atoms with Gasteiger partial charge in [-0.3, -0.25) is 0 Å². The van der Waals surface area contributed by atoms with Gasteiger partial charge in [0.1, 0.15) is 11.6 Å². The van der Waals surface area contributed by atoms with Crippen LogP contribution in [-0.2, 0) is 0 Å². The van der Waals surface area contributed by atoms with Crippen molar-refractivity contribution >= 4 is 21.6 Å². The van der Waals surface area contributed by atoms with E-state index in [1.165, 1.54) is 12.1 Å². The molecule has 1 atom stereocenters. The second-order valence-electron chi connectivity index (χ2n) is 4.25. The van der Waals surface area contributed by atoms with Crippen molar-refractivity contribution in [1.82, 2.24) is 0 Å². The number of nitrogens with one attached hydrogen (secondary N) is 1.